The summed E-state index contributed by atoms with van der Waals surface area (Å²) in [5, 5.41) is 8.97. The van der Waals surface area contributed by atoms with E-state index in [1.807, 2.05) is 43.8 Å². The van der Waals surface area contributed by atoms with Gasteiger partial charge in [-0.15, -0.1) is 0 Å². The van der Waals surface area contributed by atoms with E-state index in [4.69, 9.17) is 20.8 Å². The van der Waals surface area contributed by atoms with E-state index in [0.29, 0.717) is 40.7 Å². The van der Waals surface area contributed by atoms with Gasteiger partial charge in [-0.2, -0.15) is 5.10 Å². The van der Waals surface area contributed by atoms with Crippen molar-refractivity contribution in [2.24, 2.45) is 0 Å². The number of ether oxygens (including phenoxy) is 1. The second kappa shape index (κ2) is 8.32. The Morgan fingerprint density at radius 1 is 1.21 bits per heavy atom. The molecule has 1 saturated heterocycles. The first-order valence-corrected chi connectivity index (χ1v) is 11.3. The molecule has 170 valence electrons. The Kier molecular flexibility index (Phi) is 5.46. The second-order valence-electron chi connectivity index (χ2n) is 8.65. The average molecular weight is 465 g/mol. The van der Waals surface area contributed by atoms with Crippen molar-refractivity contribution in [3.8, 4) is 11.3 Å². The van der Waals surface area contributed by atoms with Crippen LogP contribution in [0.1, 0.15) is 41.4 Å². The van der Waals surface area contributed by atoms with Gasteiger partial charge in [0.1, 0.15) is 16.5 Å². The molecule has 0 saturated carbocycles. The van der Waals surface area contributed by atoms with Crippen LogP contribution in [0, 0.1) is 20.8 Å². The van der Waals surface area contributed by atoms with Crippen LogP contribution in [0.2, 0.25) is 5.15 Å². The lowest BCUT2D eigenvalue weighted by molar-refractivity contribution is -0.0286. The van der Waals surface area contributed by atoms with E-state index in [1.165, 1.54) is 0 Å². The highest BCUT2D eigenvalue weighted by atomic mass is 35.5. The Morgan fingerprint density at radius 3 is 2.70 bits per heavy atom. The van der Waals surface area contributed by atoms with Crippen molar-refractivity contribution in [1.82, 2.24) is 14.8 Å². The predicted octanol–water partition coefficient (Wildman–Crippen LogP) is 5.37. The fraction of sp³-hybridized carbons (Fsp3) is 0.320. The third kappa shape index (κ3) is 3.92. The van der Waals surface area contributed by atoms with Gasteiger partial charge in [0.25, 0.3) is 0 Å². The summed E-state index contributed by atoms with van der Waals surface area (Å²) in [5.41, 5.74) is 5.46. The zero-order valence-corrected chi connectivity index (χ0v) is 19.7. The third-order valence-electron chi connectivity index (χ3n) is 6.14. The van der Waals surface area contributed by atoms with Crippen LogP contribution in [-0.2, 0) is 4.74 Å². The van der Waals surface area contributed by atoms with E-state index >= 15 is 0 Å². The molecule has 1 N–H and O–H groups in total. The molecular formula is C25H25ClN4O3. The first-order chi connectivity index (χ1) is 15.8. The van der Waals surface area contributed by atoms with Crippen molar-refractivity contribution in [3.05, 3.63) is 74.4 Å². The number of pyridine rings is 1. The van der Waals surface area contributed by atoms with Crippen LogP contribution in [0.3, 0.4) is 0 Å². The van der Waals surface area contributed by atoms with Gasteiger partial charge in [-0.3, -0.25) is 9.48 Å². The summed E-state index contributed by atoms with van der Waals surface area (Å²) in [4.78, 5) is 17.7. The molecule has 4 heterocycles. The first-order valence-electron chi connectivity index (χ1n) is 10.9. The molecule has 1 aliphatic heterocycles. The van der Waals surface area contributed by atoms with Crippen LogP contribution in [0.5, 0.6) is 0 Å². The minimum atomic E-state index is -0.136. The third-order valence-corrected chi connectivity index (χ3v) is 6.35. The molecule has 3 aromatic heterocycles. The Balaban J connectivity index is 1.61. The van der Waals surface area contributed by atoms with E-state index in [-0.39, 0.29) is 17.5 Å². The zero-order chi connectivity index (χ0) is 23.3. The standard InChI is InChI=1S/C25H25ClN4O3/c1-13-7-19(15(3)28-21-5-6-22(26)29-16(21)4)25-20(8-13)23(31)14(2)24(33-25)17-9-27-30(10-17)18-11-32-12-18/h5-10,15,18,28H,11-12H2,1-4H3. The molecule has 8 heteroatoms. The predicted molar refractivity (Wildman–Crippen MR) is 129 cm³/mol. The van der Waals surface area contributed by atoms with Crippen LogP contribution >= 0.6 is 11.6 Å². The molecular weight excluding hydrogens is 440 g/mol. The molecule has 0 amide bonds. The maximum absolute atomic E-state index is 13.4. The van der Waals surface area contributed by atoms with Gasteiger partial charge in [0.2, 0.25) is 0 Å². The monoisotopic (exact) mass is 464 g/mol. The lowest BCUT2D eigenvalue weighted by Crippen LogP contribution is -2.30. The summed E-state index contributed by atoms with van der Waals surface area (Å²) >= 11 is 6.01. The minimum absolute atomic E-state index is 0.0348. The maximum Gasteiger partial charge on any atom is 0.196 e. The summed E-state index contributed by atoms with van der Waals surface area (Å²) in [6, 6.07) is 7.69. The quantitative estimate of drug-likeness (QED) is 0.399. The second-order valence-corrected chi connectivity index (χ2v) is 9.04. The number of aromatic nitrogens is 3. The Hall–Kier alpha value is -3.16. The molecule has 5 rings (SSSR count). The van der Waals surface area contributed by atoms with E-state index in [9.17, 15) is 4.79 Å². The van der Waals surface area contributed by atoms with Gasteiger partial charge >= 0.3 is 0 Å². The molecule has 0 bridgehead atoms. The molecule has 33 heavy (non-hydrogen) atoms. The number of halogens is 1. The van der Waals surface area contributed by atoms with Gasteiger partial charge in [0, 0.05) is 17.3 Å². The van der Waals surface area contributed by atoms with Crippen LogP contribution in [-0.4, -0.2) is 28.0 Å². The normalized spacial score (nSPS) is 14.9. The smallest absolute Gasteiger partial charge is 0.196 e. The van der Waals surface area contributed by atoms with Gasteiger partial charge in [0.15, 0.2) is 5.43 Å². The molecule has 1 atom stereocenters. The maximum atomic E-state index is 13.4. The highest BCUT2D eigenvalue weighted by Gasteiger charge is 2.24. The number of nitrogens with zero attached hydrogens (tertiary/aromatic N) is 3. The summed E-state index contributed by atoms with van der Waals surface area (Å²) in [6.45, 7) is 9.02. The van der Waals surface area contributed by atoms with Gasteiger partial charge < -0.3 is 14.5 Å². The van der Waals surface area contributed by atoms with Crippen LogP contribution in [0.25, 0.3) is 22.3 Å². The SMILES string of the molecule is Cc1cc(C(C)Nc2ccc(Cl)nc2C)c2oc(-c3cnn(C4COC4)c3)c(C)c(=O)c2c1. The van der Waals surface area contributed by atoms with Crippen molar-refractivity contribution in [2.75, 3.05) is 18.5 Å². The fourth-order valence-electron chi connectivity index (χ4n) is 4.19. The van der Waals surface area contributed by atoms with E-state index in [1.54, 1.807) is 19.2 Å². The summed E-state index contributed by atoms with van der Waals surface area (Å²) < 4.78 is 13.6. The van der Waals surface area contributed by atoms with Crippen LogP contribution in [0.15, 0.2) is 45.9 Å². The summed E-state index contributed by atoms with van der Waals surface area (Å²) in [5.74, 6) is 0.542. The Morgan fingerprint density at radius 2 is 2.00 bits per heavy atom. The van der Waals surface area contributed by atoms with Gasteiger partial charge in [-0.05, 0) is 51.5 Å². The summed E-state index contributed by atoms with van der Waals surface area (Å²) in [7, 11) is 0. The van der Waals surface area contributed by atoms with E-state index in [2.05, 4.69) is 21.5 Å². The molecule has 1 aromatic carbocycles. The van der Waals surface area contributed by atoms with Crippen LogP contribution in [0.4, 0.5) is 5.69 Å². The average Bonchev–Trinajstić information content (AvgIpc) is 3.20. The molecule has 4 aromatic rings. The highest BCUT2D eigenvalue weighted by molar-refractivity contribution is 6.29. The molecule has 7 nitrogen and oxygen atoms in total. The Labute approximate surface area is 196 Å². The van der Waals surface area contributed by atoms with Gasteiger partial charge in [0.05, 0.1) is 53.8 Å². The number of anilines is 1. The van der Waals surface area contributed by atoms with Crippen molar-refractivity contribution in [3.63, 3.8) is 0 Å². The largest absolute Gasteiger partial charge is 0.455 e. The zero-order valence-electron chi connectivity index (χ0n) is 19.0. The van der Waals surface area contributed by atoms with Crippen molar-refractivity contribution in [2.45, 2.75) is 39.8 Å². The minimum Gasteiger partial charge on any atom is -0.455 e. The lowest BCUT2D eigenvalue weighted by atomic mass is 9.99. The van der Waals surface area contributed by atoms with Crippen molar-refractivity contribution < 1.29 is 9.15 Å². The van der Waals surface area contributed by atoms with Gasteiger partial charge in [-0.25, -0.2) is 4.98 Å². The molecule has 1 fully saturated rings. The molecule has 0 aliphatic carbocycles. The number of aryl methyl sites for hydroxylation is 2. The van der Waals surface area contributed by atoms with Crippen molar-refractivity contribution >= 4 is 28.3 Å². The number of rotatable bonds is 5. The number of nitrogens with one attached hydrogen (secondary N) is 1. The van der Waals surface area contributed by atoms with E-state index in [0.717, 1.165) is 28.1 Å². The highest BCUT2D eigenvalue weighted by Crippen LogP contribution is 2.33. The molecule has 1 unspecified atom stereocenters. The number of hydrogen-bond acceptors (Lipinski definition) is 6. The lowest BCUT2D eigenvalue weighted by Gasteiger charge is -2.25. The fourth-order valence-corrected chi connectivity index (χ4v) is 4.38. The number of fused-ring (bicyclic) bond motifs is 1. The molecule has 0 radical (unpaired) electrons. The van der Waals surface area contributed by atoms with Gasteiger partial charge in [-0.1, -0.05) is 17.7 Å². The van der Waals surface area contributed by atoms with E-state index < -0.39 is 0 Å². The molecule has 1 aliphatic rings. The first kappa shape index (κ1) is 21.7. The van der Waals surface area contributed by atoms with Crippen molar-refractivity contribution in [1.29, 1.82) is 0 Å². The molecule has 0 spiro atoms. The number of benzene rings is 1. The number of hydrogen-bond donors (Lipinski definition) is 1. The van der Waals surface area contributed by atoms with Crippen LogP contribution < -0.4 is 10.7 Å². The summed E-state index contributed by atoms with van der Waals surface area (Å²) in [6.07, 6.45) is 3.66. The topological polar surface area (TPSA) is 82.2 Å². The Bertz CT molecular complexity index is 1420.